The van der Waals surface area contributed by atoms with E-state index in [1.165, 1.54) is 43.2 Å². The molecule has 0 bridgehead atoms. The van der Waals surface area contributed by atoms with Crippen LogP contribution in [0.3, 0.4) is 0 Å². The van der Waals surface area contributed by atoms with E-state index in [1.807, 2.05) is 0 Å². The van der Waals surface area contributed by atoms with Crippen LogP contribution in [0.25, 0.3) is 0 Å². The first-order chi connectivity index (χ1) is 10.1. The Hall–Kier alpha value is -0.860. The molecular formula is C19H30N2. The van der Waals surface area contributed by atoms with Crippen LogP contribution in [-0.4, -0.2) is 6.54 Å². The molecule has 1 saturated carbocycles. The van der Waals surface area contributed by atoms with Crippen molar-refractivity contribution in [3.63, 3.8) is 0 Å². The Morgan fingerprint density at radius 2 is 1.86 bits per heavy atom. The summed E-state index contributed by atoms with van der Waals surface area (Å²) in [6, 6.07) is 9.37. The van der Waals surface area contributed by atoms with Crippen LogP contribution in [0.4, 0.5) is 0 Å². The predicted octanol–water partition coefficient (Wildman–Crippen LogP) is 4.33. The second kappa shape index (κ2) is 6.10. The van der Waals surface area contributed by atoms with Crippen LogP contribution in [-0.2, 0) is 0 Å². The summed E-state index contributed by atoms with van der Waals surface area (Å²) in [6.07, 6.45) is 8.04. The van der Waals surface area contributed by atoms with E-state index in [0.717, 1.165) is 18.9 Å². The lowest BCUT2D eigenvalue weighted by atomic mass is 9.78. The minimum Gasteiger partial charge on any atom is -0.324 e. The molecule has 0 saturated heterocycles. The molecule has 1 aromatic rings. The molecule has 0 amide bonds. The maximum Gasteiger partial charge on any atom is 0.0341 e. The van der Waals surface area contributed by atoms with Gasteiger partial charge in [0, 0.05) is 18.6 Å². The van der Waals surface area contributed by atoms with Gasteiger partial charge in [-0.1, -0.05) is 51.0 Å². The first-order valence-electron chi connectivity index (χ1n) is 8.67. The van der Waals surface area contributed by atoms with Crippen LogP contribution in [0, 0.1) is 11.3 Å². The molecule has 0 radical (unpaired) electrons. The molecule has 2 heteroatoms. The number of nitrogens with one attached hydrogen (secondary N) is 1. The highest BCUT2D eigenvalue weighted by Gasteiger charge is 2.36. The fourth-order valence-corrected chi connectivity index (χ4v) is 4.65. The molecule has 0 aromatic heterocycles. The maximum atomic E-state index is 6.29. The van der Waals surface area contributed by atoms with Crippen LogP contribution in [0.5, 0.6) is 0 Å². The zero-order valence-electron chi connectivity index (χ0n) is 13.6. The number of hydrogen-bond acceptors (Lipinski definition) is 2. The largest absolute Gasteiger partial charge is 0.324 e. The van der Waals surface area contributed by atoms with E-state index in [1.54, 1.807) is 0 Å². The van der Waals surface area contributed by atoms with Crippen molar-refractivity contribution in [2.45, 2.75) is 64.5 Å². The topological polar surface area (TPSA) is 38.0 Å². The lowest BCUT2D eigenvalue weighted by molar-refractivity contribution is 0.214. The zero-order chi connectivity index (χ0) is 14.9. The first-order valence-corrected chi connectivity index (χ1v) is 8.67. The van der Waals surface area contributed by atoms with Crippen molar-refractivity contribution in [2.24, 2.45) is 17.1 Å². The van der Waals surface area contributed by atoms with Crippen molar-refractivity contribution >= 4 is 0 Å². The van der Waals surface area contributed by atoms with E-state index in [2.05, 4.69) is 43.4 Å². The normalized spacial score (nSPS) is 27.2. The third kappa shape index (κ3) is 3.17. The number of rotatable bonds is 5. The van der Waals surface area contributed by atoms with Crippen molar-refractivity contribution in [1.29, 1.82) is 0 Å². The second-order valence-corrected chi connectivity index (χ2v) is 7.71. The molecule has 2 aliphatic carbocycles. The summed E-state index contributed by atoms with van der Waals surface area (Å²) in [4.78, 5) is 0. The summed E-state index contributed by atoms with van der Waals surface area (Å²) >= 11 is 0. The molecule has 0 spiro atoms. The first kappa shape index (κ1) is 15.1. The summed E-state index contributed by atoms with van der Waals surface area (Å²) in [6.45, 7) is 5.89. The van der Waals surface area contributed by atoms with Gasteiger partial charge in [-0.15, -0.1) is 0 Å². The van der Waals surface area contributed by atoms with E-state index >= 15 is 0 Å². The van der Waals surface area contributed by atoms with Crippen molar-refractivity contribution in [3.05, 3.63) is 35.4 Å². The third-order valence-corrected chi connectivity index (χ3v) is 5.49. The summed E-state index contributed by atoms with van der Waals surface area (Å²) in [5.41, 5.74) is 9.61. The Balaban J connectivity index is 1.67. The van der Waals surface area contributed by atoms with Gasteiger partial charge in [0.1, 0.15) is 0 Å². The third-order valence-electron chi connectivity index (χ3n) is 5.49. The molecule has 2 nitrogen and oxygen atoms in total. The van der Waals surface area contributed by atoms with Gasteiger partial charge in [-0.3, -0.25) is 0 Å². The number of hydrogen-bond donors (Lipinski definition) is 2. The van der Waals surface area contributed by atoms with Crippen LogP contribution in [0.1, 0.15) is 75.6 Å². The number of benzene rings is 1. The van der Waals surface area contributed by atoms with Gasteiger partial charge in [0.2, 0.25) is 0 Å². The summed E-state index contributed by atoms with van der Waals surface area (Å²) in [5, 5.41) is 3.88. The molecule has 0 heterocycles. The molecule has 21 heavy (non-hydrogen) atoms. The molecule has 3 N–H and O–H groups in total. The van der Waals surface area contributed by atoms with Crippen LogP contribution in [0.15, 0.2) is 24.3 Å². The molecule has 2 unspecified atom stereocenters. The van der Waals surface area contributed by atoms with Gasteiger partial charge in [0.25, 0.3) is 0 Å². The van der Waals surface area contributed by atoms with Crippen molar-refractivity contribution in [1.82, 2.24) is 5.32 Å². The van der Waals surface area contributed by atoms with Crippen LogP contribution >= 0.6 is 0 Å². The molecule has 116 valence electrons. The highest BCUT2D eigenvalue weighted by molar-refractivity contribution is 5.37. The average Bonchev–Trinajstić information content (AvgIpc) is 3.03. The molecule has 2 aliphatic rings. The van der Waals surface area contributed by atoms with Crippen LogP contribution in [0.2, 0.25) is 0 Å². The standard InChI is InChI=1S/C19H30N2/c1-14(2)12-19(9-5-6-10-19)13-21-18-11-17(20)15-7-3-4-8-16(15)18/h3-4,7-8,14,17-18,21H,5-6,9-13,20H2,1-2H3. The molecule has 2 atom stereocenters. The Labute approximate surface area is 129 Å². The van der Waals surface area contributed by atoms with Gasteiger partial charge >= 0.3 is 0 Å². The van der Waals surface area contributed by atoms with Gasteiger partial charge in [-0.25, -0.2) is 0 Å². The molecule has 3 rings (SSSR count). The number of nitrogens with two attached hydrogens (primary N) is 1. The lowest BCUT2D eigenvalue weighted by Gasteiger charge is -2.33. The lowest BCUT2D eigenvalue weighted by Crippen LogP contribution is -2.35. The number of fused-ring (bicyclic) bond motifs is 1. The van der Waals surface area contributed by atoms with E-state index < -0.39 is 0 Å². The van der Waals surface area contributed by atoms with E-state index in [-0.39, 0.29) is 6.04 Å². The maximum absolute atomic E-state index is 6.29. The minimum atomic E-state index is 0.211. The molecule has 1 fully saturated rings. The fraction of sp³-hybridized carbons (Fsp3) is 0.684. The van der Waals surface area contributed by atoms with E-state index in [4.69, 9.17) is 5.73 Å². The summed E-state index contributed by atoms with van der Waals surface area (Å²) in [7, 11) is 0. The van der Waals surface area contributed by atoms with Crippen molar-refractivity contribution in [3.8, 4) is 0 Å². The Kier molecular flexibility index (Phi) is 4.37. The van der Waals surface area contributed by atoms with Gasteiger partial charge in [0.15, 0.2) is 0 Å². The second-order valence-electron chi connectivity index (χ2n) is 7.71. The minimum absolute atomic E-state index is 0.211. The molecule has 0 aliphatic heterocycles. The van der Waals surface area contributed by atoms with Gasteiger partial charge in [-0.2, -0.15) is 0 Å². The van der Waals surface area contributed by atoms with Gasteiger partial charge < -0.3 is 11.1 Å². The highest BCUT2D eigenvalue weighted by atomic mass is 14.9. The summed E-state index contributed by atoms with van der Waals surface area (Å²) in [5.74, 6) is 0.794. The highest BCUT2D eigenvalue weighted by Crippen LogP contribution is 2.44. The Bertz CT molecular complexity index is 474. The fourth-order valence-electron chi connectivity index (χ4n) is 4.65. The van der Waals surface area contributed by atoms with Crippen LogP contribution < -0.4 is 11.1 Å². The predicted molar refractivity (Wildman–Crippen MR) is 89.1 cm³/mol. The van der Waals surface area contributed by atoms with Crippen molar-refractivity contribution in [2.75, 3.05) is 6.54 Å². The smallest absolute Gasteiger partial charge is 0.0341 e. The quantitative estimate of drug-likeness (QED) is 0.845. The van der Waals surface area contributed by atoms with Crippen molar-refractivity contribution < 1.29 is 0 Å². The SMILES string of the molecule is CC(C)CC1(CNC2CC(N)c3ccccc32)CCCC1. The van der Waals surface area contributed by atoms with E-state index in [0.29, 0.717) is 11.5 Å². The summed E-state index contributed by atoms with van der Waals surface area (Å²) < 4.78 is 0. The van der Waals surface area contributed by atoms with E-state index in [9.17, 15) is 0 Å². The Morgan fingerprint density at radius 1 is 1.19 bits per heavy atom. The zero-order valence-corrected chi connectivity index (χ0v) is 13.6. The Morgan fingerprint density at radius 3 is 2.52 bits per heavy atom. The van der Waals surface area contributed by atoms with Gasteiger partial charge in [0.05, 0.1) is 0 Å². The molecule has 1 aromatic carbocycles. The molecular weight excluding hydrogens is 256 g/mol. The van der Waals surface area contributed by atoms with Gasteiger partial charge in [-0.05, 0) is 48.1 Å². The average molecular weight is 286 g/mol. The monoisotopic (exact) mass is 286 g/mol.